The van der Waals surface area contributed by atoms with Gasteiger partial charge in [-0.3, -0.25) is 4.79 Å². The van der Waals surface area contributed by atoms with Gasteiger partial charge in [-0.1, -0.05) is 37.3 Å². The molecule has 0 saturated carbocycles. The Labute approximate surface area is 123 Å². The number of benzene rings is 2. The first kappa shape index (κ1) is 15.5. The molecule has 0 aliphatic carbocycles. The van der Waals surface area contributed by atoms with E-state index in [4.69, 9.17) is 5.11 Å². The number of sulfonamides is 1. The van der Waals surface area contributed by atoms with Crippen molar-refractivity contribution in [2.45, 2.75) is 18.2 Å². The highest BCUT2D eigenvalue weighted by Crippen LogP contribution is 2.19. The molecule has 0 heterocycles. The first-order chi connectivity index (χ1) is 9.88. The zero-order valence-corrected chi connectivity index (χ0v) is 12.4. The molecule has 0 aliphatic heterocycles. The standard InChI is InChI=1S/C15H17NO4S/c1-11(8-15(17)18)10-16-21(19,20)14-7-6-12-4-2-3-5-13(12)9-14/h2-7,9,11,16H,8,10H2,1H3,(H,17,18). The Hall–Kier alpha value is -1.92. The van der Waals surface area contributed by atoms with Gasteiger partial charge in [0.05, 0.1) is 4.90 Å². The van der Waals surface area contributed by atoms with Gasteiger partial charge in [-0.05, 0) is 28.8 Å². The van der Waals surface area contributed by atoms with E-state index in [9.17, 15) is 13.2 Å². The van der Waals surface area contributed by atoms with Gasteiger partial charge in [0, 0.05) is 13.0 Å². The Morgan fingerprint density at radius 3 is 2.52 bits per heavy atom. The van der Waals surface area contributed by atoms with Gasteiger partial charge < -0.3 is 5.11 Å². The molecule has 6 heteroatoms. The van der Waals surface area contributed by atoms with Gasteiger partial charge in [-0.2, -0.15) is 0 Å². The van der Waals surface area contributed by atoms with Gasteiger partial charge in [-0.15, -0.1) is 0 Å². The molecule has 1 unspecified atom stereocenters. The maximum Gasteiger partial charge on any atom is 0.303 e. The summed E-state index contributed by atoms with van der Waals surface area (Å²) in [6.07, 6.45) is -0.0692. The van der Waals surface area contributed by atoms with E-state index in [1.807, 2.05) is 24.3 Å². The normalized spacial score (nSPS) is 13.2. The highest BCUT2D eigenvalue weighted by Gasteiger charge is 2.16. The van der Waals surface area contributed by atoms with Crippen LogP contribution in [0.1, 0.15) is 13.3 Å². The molecule has 0 amide bonds. The van der Waals surface area contributed by atoms with Crippen LogP contribution in [0.25, 0.3) is 10.8 Å². The molecule has 0 spiro atoms. The monoisotopic (exact) mass is 307 g/mol. The molecule has 0 aliphatic rings. The number of nitrogens with one attached hydrogen (secondary N) is 1. The lowest BCUT2D eigenvalue weighted by atomic mass is 10.1. The van der Waals surface area contributed by atoms with E-state index < -0.39 is 16.0 Å². The molecule has 0 aromatic heterocycles. The van der Waals surface area contributed by atoms with E-state index in [0.717, 1.165) is 10.8 Å². The van der Waals surface area contributed by atoms with E-state index >= 15 is 0 Å². The second-order valence-corrected chi connectivity index (χ2v) is 6.83. The summed E-state index contributed by atoms with van der Waals surface area (Å²) in [5.41, 5.74) is 0. The maximum atomic E-state index is 12.2. The van der Waals surface area contributed by atoms with Crippen LogP contribution in [0.15, 0.2) is 47.4 Å². The summed E-state index contributed by atoms with van der Waals surface area (Å²) in [5, 5.41) is 10.5. The topological polar surface area (TPSA) is 83.5 Å². The number of rotatable bonds is 6. The molecule has 5 nitrogen and oxygen atoms in total. The predicted molar refractivity (Wildman–Crippen MR) is 80.6 cm³/mol. The van der Waals surface area contributed by atoms with E-state index in [0.29, 0.717) is 0 Å². The van der Waals surface area contributed by atoms with Crippen molar-refractivity contribution in [1.82, 2.24) is 4.72 Å². The minimum absolute atomic E-state index is 0.0692. The van der Waals surface area contributed by atoms with Gasteiger partial charge in [0.2, 0.25) is 10.0 Å². The number of hydrogen-bond donors (Lipinski definition) is 2. The average Bonchev–Trinajstić information content (AvgIpc) is 2.44. The Bertz CT molecular complexity index is 755. The van der Waals surface area contributed by atoms with Crippen molar-refractivity contribution in [3.05, 3.63) is 42.5 Å². The lowest BCUT2D eigenvalue weighted by Gasteiger charge is -2.11. The summed E-state index contributed by atoms with van der Waals surface area (Å²) < 4.78 is 26.9. The SMILES string of the molecule is CC(CNS(=O)(=O)c1ccc2ccccc2c1)CC(=O)O. The van der Waals surface area contributed by atoms with Crippen LogP contribution >= 0.6 is 0 Å². The molecule has 0 radical (unpaired) electrons. The van der Waals surface area contributed by atoms with Crippen molar-refractivity contribution in [3.8, 4) is 0 Å². The van der Waals surface area contributed by atoms with Crippen molar-refractivity contribution in [2.24, 2.45) is 5.92 Å². The third kappa shape index (κ3) is 4.03. The van der Waals surface area contributed by atoms with Gasteiger partial charge in [0.15, 0.2) is 0 Å². The molecule has 2 aromatic carbocycles. The van der Waals surface area contributed by atoms with Crippen LogP contribution in [0.4, 0.5) is 0 Å². The molecule has 0 bridgehead atoms. The smallest absolute Gasteiger partial charge is 0.303 e. The van der Waals surface area contributed by atoms with Crippen molar-refractivity contribution in [1.29, 1.82) is 0 Å². The minimum atomic E-state index is -3.63. The highest BCUT2D eigenvalue weighted by atomic mass is 32.2. The zero-order valence-electron chi connectivity index (χ0n) is 11.6. The summed E-state index contributed by atoms with van der Waals surface area (Å²) in [4.78, 5) is 10.8. The van der Waals surface area contributed by atoms with Gasteiger partial charge in [-0.25, -0.2) is 13.1 Å². The van der Waals surface area contributed by atoms with Crippen molar-refractivity contribution in [3.63, 3.8) is 0 Å². The summed E-state index contributed by atoms with van der Waals surface area (Å²) in [6, 6.07) is 12.4. The third-order valence-corrected chi connectivity index (χ3v) is 4.60. The number of carbonyl (C=O) groups is 1. The summed E-state index contributed by atoms with van der Waals surface area (Å²) >= 11 is 0. The average molecular weight is 307 g/mol. The van der Waals surface area contributed by atoms with Gasteiger partial charge in [0.25, 0.3) is 0 Å². The van der Waals surface area contributed by atoms with E-state index in [1.54, 1.807) is 25.1 Å². The third-order valence-electron chi connectivity index (χ3n) is 3.18. The maximum absolute atomic E-state index is 12.2. The first-order valence-corrected chi connectivity index (χ1v) is 8.07. The molecular formula is C15H17NO4S. The van der Waals surface area contributed by atoms with Crippen LogP contribution in [0.2, 0.25) is 0 Å². The molecular weight excluding hydrogens is 290 g/mol. The van der Waals surface area contributed by atoms with Crippen molar-refractivity contribution < 1.29 is 18.3 Å². The number of fused-ring (bicyclic) bond motifs is 1. The Balaban J connectivity index is 2.15. The molecule has 2 rings (SSSR count). The lowest BCUT2D eigenvalue weighted by molar-refractivity contribution is -0.137. The fourth-order valence-corrected chi connectivity index (χ4v) is 3.24. The van der Waals surface area contributed by atoms with Crippen LogP contribution in [-0.4, -0.2) is 26.0 Å². The zero-order chi connectivity index (χ0) is 15.5. The van der Waals surface area contributed by atoms with Crippen LogP contribution in [-0.2, 0) is 14.8 Å². The quantitative estimate of drug-likeness (QED) is 0.857. The number of hydrogen-bond acceptors (Lipinski definition) is 3. The second kappa shape index (κ2) is 6.24. The molecule has 21 heavy (non-hydrogen) atoms. The largest absolute Gasteiger partial charge is 0.481 e. The van der Waals surface area contributed by atoms with Crippen molar-refractivity contribution >= 4 is 26.8 Å². The number of carboxylic acid groups (broad SMARTS) is 1. The fourth-order valence-electron chi connectivity index (χ4n) is 2.04. The van der Waals surface area contributed by atoms with E-state index in [-0.39, 0.29) is 23.8 Å². The predicted octanol–water partition coefficient (Wildman–Crippen LogP) is 2.23. The van der Waals surface area contributed by atoms with Crippen molar-refractivity contribution in [2.75, 3.05) is 6.54 Å². The number of carboxylic acids is 1. The molecule has 2 N–H and O–H groups in total. The highest BCUT2D eigenvalue weighted by molar-refractivity contribution is 7.89. The Kier molecular flexibility index (Phi) is 4.59. The van der Waals surface area contributed by atoms with Crippen LogP contribution in [0.5, 0.6) is 0 Å². The Morgan fingerprint density at radius 2 is 1.86 bits per heavy atom. The Morgan fingerprint density at radius 1 is 1.19 bits per heavy atom. The molecule has 112 valence electrons. The van der Waals surface area contributed by atoms with E-state index in [2.05, 4.69) is 4.72 Å². The van der Waals surface area contributed by atoms with Gasteiger partial charge in [0.1, 0.15) is 0 Å². The van der Waals surface area contributed by atoms with Crippen LogP contribution < -0.4 is 4.72 Å². The molecule has 1 atom stereocenters. The summed E-state index contributed by atoms with van der Waals surface area (Å²) in [5.74, 6) is -1.20. The minimum Gasteiger partial charge on any atom is -0.481 e. The summed E-state index contributed by atoms with van der Waals surface area (Å²) in [7, 11) is -3.63. The van der Waals surface area contributed by atoms with Crippen LogP contribution in [0, 0.1) is 5.92 Å². The fraction of sp³-hybridized carbons (Fsp3) is 0.267. The lowest BCUT2D eigenvalue weighted by Crippen LogP contribution is -2.29. The molecule has 0 saturated heterocycles. The number of aliphatic carboxylic acids is 1. The van der Waals surface area contributed by atoms with E-state index in [1.165, 1.54) is 0 Å². The van der Waals surface area contributed by atoms with Crippen LogP contribution in [0.3, 0.4) is 0 Å². The second-order valence-electron chi connectivity index (χ2n) is 5.06. The summed E-state index contributed by atoms with van der Waals surface area (Å²) in [6.45, 7) is 1.79. The first-order valence-electron chi connectivity index (χ1n) is 6.59. The van der Waals surface area contributed by atoms with Gasteiger partial charge >= 0.3 is 5.97 Å². The molecule has 2 aromatic rings. The molecule has 0 fully saturated rings.